The lowest BCUT2D eigenvalue weighted by molar-refractivity contribution is -0.117. The van der Waals surface area contributed by atoms with Gasteiger partial charge in [-0.2, -0.15) is 4.31 Å². The van der Waals surface area contributed by atoms with E-state index >= 15 is 0 Å². The summed E-state index contributed by atoms with van der Waals surface area (Å²) in [5.74, 6) is -0.214. The van der Waals surface area contributed by atoms with Crippen LogP contribution in [0.15, 0.2) is 59.5 Å². The Kier molecular flexibility index (Phi) is 6.77. The molecule has 0 saturated carbocycles. The van der Waals surface area contributed by atoms with Crippen LogP contribution in [-0.2, 0) is 14.8 Å². The van der Waals surface area contributed by atoms with Gasteiger partial charge in [0, 0.05) is 26.2 Å². The Balaban J connectivity index is 1.39. The average Bonchev–Trinajstić information content (AvgIpc) is 3.32. The van der Waals surface area contributed by atoms with Crippen molar-refractivity contribution >= 4 is 38.8 Å². The van der Waals surface area contributed by atoms with Gasteiger partial charge in [-0.1, -0.05) is 48.0 Å². The Morgan fingerprint density at radius 1 is 1.03 bits per heavy atom. The Morgan fingerprint density at radius 3 is 2.45 bits per heavy atom. The van der Waals surface area contributed by atoms with Gasteiger partial charge in [0.05, 0.1) is 22.2 Å². The van der Waals surface area contributed by atoms with E-state index in [0.717, 1.165) is 25.8 Å². The third kappa shape index (κ3) is 5.18. The maximum Gasteiger partial charge on any atom is 0.243 e. The highest BCUT2D eigenvalue weighted by Crippen LogP contribution is 2.28. The first-order valence-corrected chi connectivity index (χ1v) is 12.3. The summed E-state index contributed by atoms with van der Waals surface area (Å²) < 4.78 is 27.1. The highest BCUT2D eigenvalue weighted by molar-refractivity contribution is 7.89. The van der Waals surface area contributed by atoms with Gasteiger partial charge in [0.25, 0.3) is 0 Å². The molecule has 31 heavy (non-hydrogen) atoms. The summed E-state index contributed by atoms with van der Waals surface area (Å²) >= 11 is 6.23. The van der Waals surface area contributed by atoms with Crippen LogP contribution in [0.5, 0.6) is 0 Å². The predicted octanol–water partition coefficient (Wildman–Crippen LogP) is 3.85. The summed E-state index contributed by atoms with van der Waals surface area (Å²) in [5, 5.41) is 3.11. The van der Waals surface area contributed by atoms with Gasteiger partial charge in [-0.3, -0.25) is 9.69 Å². The van der Waals surface area contributed by atoms with Crippen molar-refractivity contribution in [1.29, 1.82) is 0 Å². The van der Waals surface area contributed by atoms with Crippen LogP contribution in [0.4, 0.5) is 5.69 Å². The van der Waals surface area contributed by atoms with E-state index in [2.05, 4.69) is 28.4 Å². The van der Waals surface area contributed by atoms with E-state index in [1.165, 1.54) is 33.6 Å². The summed E-state index contributed by atoms with van der Waals surface area (Å²) in [6, 6.07) is 14.7. The van der Waals surface area contributed by atoms with Crippen LogP contribution in [-0.4, -0.2) is 56.3 Å². The molecule has 1 saturated heterocycles. The molecule has 0 aliphatic carbocycles. The monoisotopic (exact) mass is 459 g/mol. The van der Waals surface area contributed by atoms with Crippen LogP contribution in [0, 0.1) is 0 Å². The quantitative estimate of drug-likeness (QED) is 0.712. The minimum Gasteiger partial charge on any atom is -0.324 e. The summed E-state index contributed by atoms with van der Waals surface area (Å²) in [6.45, 7) is 2.75. The molecule has 1 N–H and O–H groups in total. The zero-order valence-electron chi connectivity index (χ0n) is 17.3. The second kappa shape index (κ2) is 9.53. The van der Waals surface area contributed by atoms with Crippen molar-refractivity contribution in [2.75, 3.05) is 38.0 Å². The molecule has 2 aromatic rings. The van der Waals surface area contributed by atoms with Gasteiger partial charge in [0.2, 0.25) is 15.9 Å². The molecule has 2 aromatic carbocycles. The lowest BCUT2D eigenvalue weighted by Crippen LogP contribution is -2.36. The van der Waals surface area contributed by atoms with E-state index in [0.29, 0.717) is 30.3 Å². The van der Waals surface area contributed by atoms with Crippen molar-refractivity contribution in [2.24, 2.45) is 0 Å². The molecule has 164 valence electrons. The number of carbonyl (C=O) groups is 1. The first-order valence-electron chi connectivity index (χ1n) is 10.5. The lowest BCUT2D eigenvalue weighted by Gasteiger charge is -2.26. The number of hydrogen-bond donors (Lipinski definition) is 1. The molecule has 0 unspecified atom stereocenters. The van der Waals surface area contributed by atoms with E-state index < -0.39 is 10.0 Å². The van der Waals surface area contributed by atoms with Crippen molar-refractivity contribution in [1.82, 2.24) is 9.21 Å². The van der Waals surface area contributed by atoms with Crippen LogP contribution in [0.3, 0.4) is 0 Å². The van der Waals surface area contributed by atoms with Crippen LogP contribution >= 0.6 is 11.6 Å². The van der Waals surface area contributed by atoms with Crippen LogP contribution in [0.1, 0.15) is 24.8 Å². The van der Waals surface area contributed by atoms with Gasteiger partial charge in [0.1, 0.15) is 0 Å². The zero-order valence-corrected chi connectivity index (χ0v) is 18.8. The molecule has 2 aliphatic rings. The SMILES string of the molecule is O=C(CN1CC=C(c2ccccc2)CC1)Nc1cc(S(=O)(=O)N2CCCC2)ccc1Cl. The number of benzene rings is 2. The van der Waals surface area contributed by atoms with Crippen molar-refractivity contribution in [3.63, 3.8) is 0 Å². The normalized spacial score (nSPS) is 18.0. The van der Waals surface area contributed by atoms with Gasteiger partial charge in [-0.25, -0.2) is 8.42 Å². The van der Waals surface area contributed by atoms with Gasteiger partial charge in [-0.05, 0) is 48.6 Å². The third-order valence-electron chi connectivity index (χ3n) is 5.72. The summed E-state index contributed by atoms with van der Waals surface area (Å²) in [7, 11) is -3.57. The molecule has 0 spiro atoms. The molecule has 0 atom stereocenters. The summed E-state index contributed by atoms with van der Waals surface area (Å²) in [4.78, 5) is 14.8. The topological polar surface area (TPSA) is 69.7 Å². The standard InChI is InChI=1S/C23H26ClN3O3S/c24-21-9-8-20(31(29,30)27-12-4-5-13-27)16-22(21)25-23(28)17-26-14-10-19(11-15-26)18-6-2-1-3-7-18/h1-3,6-10,16H,4-5,11-15,17H2,(H,25,28). The number of rotatable bonds is 6. The molecular weight excluding hydrogens is 434 g/mol. The van der Waals surface area contributed by atoms with Crippen molar-refractivity contribution in [2.45, 2.75) is 24.2 Å². The molecule has 1 amide bonds. The molecule has 0 bridgehead atoms. The molecule has 6 nitrogen and oxygen atoms in total. The summed E-state index contributed by atoms with van der Waals surface area (Å²) in [6.07, 6.45) is 4.77. The van der Waals surface area contributed by atoms with E-state index in [-0.39, 0.29) is 17.3 Å². The number of sulfonamides is 1. The fraction of sp³-hybridized carbons (Fsp3) is 0.348. The number of halogens is 1. The second-order valence-electron chi connectivity index (χ2n) is 7.88. The molecule has 0 aromatic heterocycles. The first-order chi connectivity index (χ1) is 14.9. The molecule has 1 fully saturated rings. The molecular formula is C23H26ClN3O3S. The van der Waals surface area contributed by atoms with Crippen LogP contribution < -0.4 is 5.32 Å². The van der Waals surface area contributed by atoms with Gasteiger partial charge < -0.3 is 5.32 Å². The number of nitrogens with zero attached hydrogens (tertiary/aromatic N) is 2. The number of amides is 1. The minimum atomic E-state index is -3.57. The Bertz CT molecular complexity index is 1080. The van der Waals surface area contributed by atoms with E-state index in [4.69, 9.17) is 11.6 Å². The predicted molar refractivity (Wildman–Crippen MR) is 124 cm³/mol. The Morgan fingerprint density at radius 2 is 1.77 bits per heavy atom. The highest BCUT2D eigenvalue weighted by atomic mass is 35.5. The van der Waals surface area contributed by atoms with Crippen LogP contribution in [0.25, 0.3) is 5.57 Å². The van der Waals surface area contributed by atoms with Crippen molar-refractivity contribution in [3.8, 4) is 0 Å². The third-order valence-corrected chi connectivity index (χ3v) is 7.94. The van der Waals surface area contributed by atoms with Crippen molar-refractivity contribution in [3.05, 3.63) is 65.2 Å². The van der Waals surface area contributed by atoms with E-state index in [9.17, 15) is 13.2 Å². The molecule has 8 heteroatoms. The Hall–Kier alpha value is -2.19. The first kappa shape index (κ1) is 22.0. The Labute approximate surface area is 188 Å². The van der Waals surface area contributed by atoms with E-state index in [1.54, 1.807) is 0 Å². The molecule has 2 heterocycles. The van der Waals surface area contributed by atoms with Gasteiger partial charge >= 0.3 is 0 Å². The number of carbonyl (C=O) groups excluding carboxylic acids is 1. The zero-order chi connectivity index (χ0) is 21.8. The highest BCUT2D eigenvalue weighted by Gasteiger charge is 2.28. The number of nitrogens with one attached hydrogen (secondary N) is 1. The maximum absolute atomic E-state index is 12.8. The van der Waals surface area contributed by atoms with Crippen molar-refractivity contribution < 1.29 is 13.2 Å². The smallest absolute Gasteiger partial charge is 0.243 e. The van der Waals surface area contributed by atoms with Gasteiger partial charge in [-0.15, -0.1) is 0 Å². The maximum atomic E-state index is 12.8. The largest absolute Gasteiger partial charge is 0.324 e. The second-order valence-corrected chi connectivity index (χ2v) is 10.2. The molecule has 2 aliphatic heterocycles. The summed E-state index contributed by atoms with van der Waals surface area (Å²) in [5.41, 5.74) is 2.83. The van der Waals surface area contributed by atoms with E-state index in [1.807, 2.05) is 18.2 Å². The van der Waals surface area contributed by atoms with Gasteiger partial charge in [0.15, 0.2) is 0 Å². The average molecular weight is 460 g/mol. The fourth-order valence-corrected chi connectivity index (χ4v) is 5.71. The number of hydrogen-bond acceptors (Lipinski definition) is 4. The fourth-order valence-electron chi connectivity index (χ4n) is 4.00. The lowest BCUT2D eigenvalue weighted by atomic mass is 10.00. The van der Waals surface area contributed by atoms with Crippen LogP contribution in [0.2, 0.25) is 5.02 Å². The minimum absolute atomic E-state index is 0.155. The molecule has 4 rings (SSSR count). The molecule has 0 radical (unpaired) electrons. The number of anilines is 1.